The largest absolute Gasteiger partial charge is 0.424 e. The molecule has 0 spiro atoms. The number of aromatic nitrogens is 4. The summed E-state index contributed by atoms with van der Waals surface area (Å²) >= 11 is 0. The molecular formula is C17H18FN5O3S. The van der Waals surface area contributed by atoms with Crippen LogP contribution in [0.5, 0.6) is 11.8 Å². The Morgan fingerprint density at radius 2 is 1.96 bits per heavy atom. The second-order valence-corrected chi connectivity index (χ2v) is 7.39. The van der Waals surface area contributed by atoms with E-state index in [0.717, 1.165) is 0 Å². The maximum absolute atomic E-state index is 13.0. The van der Waals surface area contributed by atoms with Crippen LogP contribution in [0.1, 0.15) is 25.7 Å². The molecule has 0 radical (unpaired) electrons. The zero-order chi connectivity index (χ0) is 19.4. The van der Waals surface area contributed by atoms with Gasteiger partial charge in [0.05, 0.1) is 6.04 Å². The van der Waals surface area contributed by atoms with Gasteiger partial charge in [0.2, 0.25) is 10.0 Å². The Bertz CT molecular complexity index is 1010. The van der Waals surface area contributed by atoms with Crippen molar-refractivity contribution in [2.45, 2.75) is 31.3 Å². The van der Waals surface area contributed by atoms with Gasteiger partial charge in [0.1, 0.15) is 16.5 Å². The van der Waals surface area contributed by atoms with Crippen molar-refractivity contribution in [3.63, 3.8) is 0 Å². The van der Waals surface area contributed by atoms with Crippen molar-refractivity contribution in [2.24, 2.45) is 0 Å². The lowest BCUT2D eigenvalue weighted by molar-refractivity contribution is 0.407. The van der Waals surface area contributed by atoms with Crippen molar-refractivity contribution in [3.05, 3.63) is 60.4 Å². The molecule has 142 valence electrons. The first-order valence-corrected chi connectivity index (χ1v) is 9.68. The average Bonchev–Trinajstić information content (AvgIpc) is 3.07. The number of pyridine rings is 1. The van der Waals surface area contributed by atoms with Gasteiger partial charge in [0, 0.05) is 18.9 Å². The van der Waals surface area contributed by atoms with Gasteiger partial charge in [-0.3, -0.25) is 9.55 Å². The molecule has 10 heteroatoms. The predicted molar refractivity (Wildman–Crippen MR) is 95.1 cm³/mol. The summed E-state index contributed by atoms with van der Waals surface area (Å²) < 4.78 is 47.8. The minimum absolute atomic E-state index is 0.0576. The highest BCUT2D eigenvalue weighted by Crippen LogP contribution is 2.24. The first-order valence-electron chi connectivity index (χ1n) is 8.19. The molecule has 1 aromatic carbocycles. The fraction of sp³-hybridized carbons (Fsp3) is 0.235. The van der Waals surface area contributed by atoms with Crippen LogP contribution >= 0.6 is 0 Å². The molecule has 1 N–H and O–H groups in total. The average molecular weight is 391 g/mol. The molecule has 0 aliphatic heterocycles. The van der Waals surface area contributed by atoms with Gasteiger partial charge >= 0.3 is 6.01 Å². The summed E-state index contributed by atoms with van der Waals surface area (Å²) in [6.07, 6.45) is 2.76. The third-order valence-corrected chi connectivity index (χ3v) is 5.27. The zero-order valence-electron chi connectivity index (χ0n) is 14.7. The van der Waals surface area contributed by atoms with E-state index in [-0.39, 0.29) is 16.7 Å². The summed E-state index contributed by atoms with van der Waals surface area (Å²) in [5, 5.41) is 8.03. The second-order valence-electron chi connectivity index (χ2n) is 5.67. The van der Waals surface area contributed by atoms with Gasteiger partial charge in [-0.25, -0.2) is 17.5 Å². The first-order chi connectivity index (χ1) is 12.9. The van der Waals surface area contributed by atoms with Crippen molar-refractivity contribution in [1.29, 1.82) is 0 Å². The standard InChI is InChI=1S/C17H18FN5O3S/c1-3-23-16(12(2)22-27(24,25)15-5-4-10-19-11-15)20-21-17(23)26-14-8-6-13(18)7-9-14/h4-12,22H,3H2,1-2H3/t12-/m1/s1. The summed E-state index contributed by atoms with van der Waals surface area (Å²) in [5.74, 6) is 0.411. The zero-order valence-corrected chi connectivity index (χ0v) is 15.5. The summed E-state index contributed by atoms with van der Waals surface area (Å²) in [6.45, 7) is 3.97. The summed E-state index contributed by atoms with van der Waals surface area (Å²) in [5.41, 5.74) is 0. The Hall–Kier alpha value is -2.85. The fourth-order valence-corrected chi connectivity index (χ4v) is 3.62. The van der Waals surface area contributed by atoms with Crippen molar-refractivity contribution >= 4 is 10.0 Å². The summed E-state index contributed by atoms with van der Waals surface area (Å²) in [7, 11) is -3.76. The molecule has 0 saturated heterocycles. The van der Waals surface area contributed by atoms with E-state index in [1.165, 1.54) is 42.7 Å². The van der Waals surface area contributed by atoms with E-state index in [0.29, 0.717) is 18.1 Å². The first kappa shape index (κ1) is 18.9. The number of ether oxygens (including phenoxy) is 1. The van der Waals surface area contributed by atoms with Crippen LogP contribution in [0.4, 0.5) is 4.39 Å². The molecule has 0 bridgehead atoms. The lowest BCUT2D eigenvalue weighted by Gasteiger charge is -2.15. The van der Waals surface area contributed by atoms with E-state index < -0.39 is 16.1 Å². The molecule has 0 saturated carbocycles. The van der Waals surface area contributed by atoms with Gasteiger partial charge in [0.25, 0.3) is 0 Å². The highest BCUT2D eigenvalue weighted by Gasteiger charge is 2.24. The quantitative estimate of drug-likeness (QED) is 0.665. The van der Waals surface area contributed by atoms with E-state index >= 15 is 0 Å². The molecule has 8 nitrogen and oxygen atoms in total. The van der Waals surface area contributed by atoms with Crippen molar-refractivity contribution < 1.29 is 17.5 Å². The normalized spacial score (nSPS) is 12.7. The Morgan fingerprint density at radius 3 is 2.59 bits per heavy atom. The Balaban J connectivity index is 1.82. The third-order valence-electron chi connectivity index (χ3n) is 3.75. The molecule has 0 amide bonds. The van der Waals surface area contributed by atoms with E-state index in [4.69, 9.17) is 4.74 Å². The van der Waals surface area contributed by atoms with Crippen molar-refractivity contribution in [2.75, 3.05) is 0 Å². The van der Waals surface area contributed by atoms with Crippen LogP contribution in [0, 0.1) is 5.82 Å². The molecular weight excluding hydrogens is 373 g/mol. The van der Waals surface area contributed by atoms with E-state index in [1.807, 2.05) is 6.92 Å². The van der Waals surface area contributed by atoms with Crippen molar-refractivity contribution in [3.8, 4) is 11.8 Å². The van der Waals surface area contributed by atoms with Gasteiger partial charge in [-0.2, -0.15) is 0 Å². The SMILES string of the molecule is CCn1c(Oc2ccc(F)cc2)nnc1[C@@H](C)NS(=O)(=O)c1cccnc1. The van der Waals surface area contributed by atoms with Gasteiger partial charge in [-0.1, -0.05) is 5.10 Å². The van der Waals surface area contributed by atoms with Gasteiger partial charge in [-0.05, 0) is 50.2 Å². The number of hydrogen-bond donors (Lipinski definition) is 1. The fourth-order valence-electron chi connectivity index (χ4n) is 2.46. The molecule has 2 aromatic heterocycles. The van der Waals surface area contributed by atoms with E-state index in [9.17, 15) is 12.8 Å². The lowest BCUT2D eigenvalue weighted by Crippen LogP contribution is -2.29. The Kier molecular flexibility index (Phi) is 5.47. The molecule has 3 rings (SSSR count). The maximum Gasteiger partial charge on any atom is 0.322 e. The van der Waals surface area contributed by atoms with Crippen LogP contribution in [0.15, 0.2) is 53.7 Å². The Labute approximate surface area is 156 Å². The Morgan fingerprint density at radius 1 is 1.22 bits per heavy atom. The van der Waals surface area contributed by atoms with Crippen LogP contribution in [0.2, 0.25) is 0 Å². The van der Waals surface area contributed by atoms with Gasteiger partial charge in [-0.15, -0.1) is 5.10 Å². The van der Waals surface area contributed by atoms with Crippen LogP contribution < -0.4 is 9.46 Å². The van der Waals surface area contributed by atoms with Gasteiger partial charge < -0.3 is 4.74 Å². The molecule has 0 fully saturated rings. The minimum Gasteiger partial charge on any atom is -0.424 e. The van der Waals surface area contributed by atoms with Crippen molar-refractivity contribution in [1.82, 2.24) is 24.5 Å². The number of rotatable bonds is 7. The summed E-state index contributed by atoms with van der Waals surface area (Å²) in [6, 6.07) is 8.01. The topological polar surface area (TPSA) is 99.0 Å². The highest BCUT2D eigenvalue weighted by molar-refractivity contribution is 7.89. The number of sulfonamides is 1. The number of benzene rings is 1. The van der Waals surface area contributed by atoms with E-state index in [1.54, 1.807) is 17.6 Å². The smallest absolute Gasteiger partial charge is 0.322 e. The molecule has 0 aliphatic carbocycles. The van der Waals surface area contributed by atoms with Gasteiger partial charge in [0.15, 0.2) is 5.82 Å². The molecule has 3 aromatic rings. The molecule has 1 atom stereocenters. The third kappa shape index (κ3) is 4.29. The predicted octanol–water partition coefficient (Wildman–Crippen LogP) is 2.66. The monoisotopic (exact) mass is 391 g/mol. The highest BCUT2D eigenvalue weighted by atomic mass is 32.2. The lowest BCUT2D eigenvalue weighted by atomic mass is 10.3. The van der Waals surface area contributed by atoms with Crippen LogP contribution in [-0.4, -0.2) is 28.2 Å². The number of hydrogen-bond acceptors (Lipinski definition) is 6. The number of halogens is 1. The summed E-state index contributed by atoms with van der Waals surface area (Å²) in [4.78, 5) is 3.88. The minimum atomic E-state index is -3.76. The number of nitrogens with zero attached hydrogens (tertiary/aromatic N) is 4. The number of nitrogens with one attached hydrogen (secondary N) is 1. The van der Waals surface area contributed by atoms with Crippen LogP contribution in [-0.2, 0) is 16.6 Å². The maximum atomic E-state index is 13.0. The molecule has 0 aliphatic rings. The van der Waals surface area contributed by atoms with Crippen LogP contribution in [0.3, 0.4) is 0 Å². The van der Waals surface area contributed by atoms with Crippen LogP contribution in [0.25, 0.3) is 0 Å². The van der Waals surface area contributed by atoms with E-state index in [2.05, 4.69) is 19.9 Å². The molecule has 27 heavy (non-hydrogen) atoms. The molecule has 2 heterocycles. The molecule has 0 unspecified atom stereocenters. The second kappa shape index (κ2) is 7.80.